The van der Waals surface area contributed by atoms with Crippen LogP contribution in [0.5, 0.6) is 0 Å². The molecule has 1 aliphatic rings. The standard InChI is InChI=1S/C12H19N3O2/c1-9(2)12(16)13-4-5-15-11-3-6-17-8-10(11)7-14-15/h7,9H,3-6,8H2,1-2H3,(H,13,16). The maximum Gasteiger partial charge on any atom is 0.222 e. The average molecular weight is 237 g/mol. The summed E-state index contributed by atoms with van der Waals surface area (Å²) in [6, 6.07) is 0. The van der Waals surface area contributed by atoms with Gasteiger partial charge in [-0.1, -0.05) is 13.8 Å². The molecule has 2 heterocycles. The third kappa shape index (κ3) is 2.85. The lowest BCUT2D eigenvalue weighted by Crippen LogP contribution is -2.31. The molecule has 0 saturated heterocycles. The van der Waals surface area contributed by atoms with E-state index in [9.17, 15) is 4.79 Å². The predicted molar refractivity (Wildman–Crippen MR) is 63.4 cm³/mol. The quantitative estimate of drug-likeness (QED) is 0.840. The molecule has 0 atom stereocenters. The zero-order valence-electron chi connectivity index (χ0n) is 10.4. The van der Waals surface area contributed by atoms with Gasteiger partial charge in [-0.25, -0.2) is 0 Å². The van der Waals surface area contributed by atoms with Gasteiger partial charge in [0.2, 0.25) is 5.91 Å². The number of hydrogen-bond acceptors (Lipinski definition) is 3. The molecule has 1 aliphatic heterocycles. The van der Waals surface area contributed by atoms with E-state index in [2.05, 4.69) is 10.4 Å². The molecule has 0 radical (unpaired) electrons. The van der Waals surface area contributed by atoms with Gasteiger partial charge in [0.1, 0.15) is 0 Å². The molecular weight excluding hydrogens is 218 g/mol. The number of rotatable bonds is 4. The van der Waals surface area contributed by atoms with Crippen molar-refractivity contribution in [3.05, 3.63) is 17.5 Å². The number of nitrogens with one attached hydrogen (secondary N) is 1. The van der Waals surface area contributed by atoms with E-state index in [0.29, 0.717) is 13.2 Å². The second kappa shape index (κ2) is 5.31. The van der Waals surface area contributed by atoms with Crippen molar-refractivity contribution in [3.63, 3.8) is 0 Å². The molecule has 17 heavy (non-hydrogen) atoms. The van der Waals surface area contributed by atoms with Gasteiger partial charge in [0.25, 0.3) is 0 Å². The van der Waals surface area contributed by atoms with Crippen LogP contribution in [0.25, 0.3) is 0 Å². The Morgan fingerprint density at radius 3 is 3.24 bits per heavy atom. The fourth-order valence-electron chi connectivity index (χ4n) is 1.89. The molecule has 1 aromatic rings. The molecule has 1 amide bonds. The molecule has 94 valence electrons. The first-order chi connectivity index (χ1) is 8.18. The van der Waals surface area contributed by atoms with E-state index in [1.165, 1.54) is 11.3 Å². The SMILES string of the molecule is CC(C)C(=O)NCCn1ncc2c1CCOC2. The van der Waals surface area contributed by atoms with Gasteiger partial charge >= 0.3 is 0 Å². The highest BCUT2D eigenvalue weighted by molar-refractivity contribution is 5.77. The lowest BCUT2D eigenvalue weighted by atomic mass is 10.2. The average Bonchev–Trinajstić information content (AvgIpc) is 2.72. The largest absolute Gasteiger partial charge is 0.376 e. The van der Waals surface area contributed by atoms with E-state index in [4.69, 9.17) is 4.74 Å². The Labute approximate surface area is 101 Å². The maximum atomic E-state index is 11.4. The van der Waals surface area contributed by atoms with Gasteiger partial charge in [-0.05, 0) is 0 Å². The van der Waals surface area contributed by atoms with Crippen molar-refractivity contribution in [2.24, 2.45) is 5.92 Å². The van der Waals surface area contributed by atoms with Crippen LogP contribution in [0.3, 0.4) is 0 Å². The molecule has 1 aromatic heterocycles. The molecule has 0 aromatic carbocycles. The van der Waals surface area contributed by atoms with Gasteiger partial charge in [-0.15, -0.1) is 0 Å². The Balaban J connectivity index is 1.87. The summed E-state index contributed by atoms with van der Waals surface area (Å²) in [5, 5.41) is 7.22. The Hall–Kier alpha value is -1.36. The molecular formula is C12H19N3O2. The van der Waals surface area contributed by atoms with Gasteiger partial charge in [-0.2, -0.15) is 5.10 Å². The van der Waals surface area contributed by atoms with Crippen LogP contribution in [-0.2, 0) is 29.1 Å². The van der Waals surface area contributed by atoms with Gasteiger partial charge < -0.3 is 10.1 Å². The summed E-state index contributed by atoms with van der Waals surface area (Å²) >= 11 is 0. The number of fused-ring (bicyclic) bond motifs is 1. The predicted octanol–water partition coefficient (Wildman–Crippen LogP) is 0.728. The van der Waals surface area contributed by atoms with Crippen LogP contribution in [0.4, 0.5) is 0 Å². The summed E-state index contributed by atoms with van der Waals surface area (Å²) in [6.07, 6.45) is 2.77. The van der Waals surface area contributed by atoms with E-state index >= 15 is 0 Å². The van der Waals surface area contributed by atoms with Crippen LogP contribution in [0, 0.1) is 5.92 Å². The number of hydrogen-bond donors (Lipinski definition) is 1. The highest BCUT2D eigenvalue weighted by Gasteiger charge is 2.15. The number of carbonyl (C=O) groups is 1. The number of aromatic nitrogens is 2. The molecule has 5 nitrogen and oxygen atoms in total. The van der Waals surface area contributed by atoms with Crippen molar-refractivity contribution >= 4 is 5.91 Å². The Kier molecular flexibility index (Phi) is 3.78. The number of nitrogens with zero attached hydrogens (tertiary/aromatic N) is 2. The monoisotopic (exact) mass is 237 g/mol. The van der Waals surface area contributed by atoms with Gasteiger partial charge in [0, 0.05) is 30.1 Å². The third-order valence-electron chi connectivity index (χ3n) is 2.92. The van der Waals surface area contributed by atoms with Crippen LogP contribution in [0.1, 0.15) is 25.1 Å². The minimum atomic E-state index is 0.0370. The fourth-order valence-corrected chi connectivity index (χ4v) is 1.89. The number of carbonyl (C=O) groups excluding carboxylic acids is 1. The van der Waals surface area contributed by atoms with Crippen LogP contribution >= 0.6 is 0 Å². The van der Waals surface area contributed by atoms with Crippen molar-refractivity contribution in [1.29, 1.82) is 0 Å². The van der Waals surface area contributed by atoms with Crippen LogP contribution in [-0.4, -0.2) is 28.8 Å². The van der Waals surface area contributed by atoms with Crippen molar-refractivity contribution in [2.75, 3.05) is 13.2 Å². The molecule has 0 spiro atoms. The summed E-state index contributed by atoms with van der Waals surface area (Å²) in [5.74, 6) is 0.129. The zero-order valence-corrected chi connectivity index (χ0v) is 10.4. The van der Waals surface area contributed by atoms with Gasteiger partial charge in [0.15, 0.2) is 0 Å². The summed E-state index contributed by atoms with van der Waals surface area (Å²) in [4.78, 5) is 11.4. The summed E-state index contributed by atoms with van der Waals surface area (Å²) in [5.41, 5.74) is 2.42. The van der Waals surface area contributed by atoms with Crippen LogP contribution in [0.15, 0.2) is 6.20 Å². The first kappa shape index (κ1) is 12.1. The van der Waals surface area contributed by atoms with Crippen molar-refractivity contribution in [3.8, 4) is 0 Å². The first-order valence-corrected chi connectivity index (χ1v) is 6.07. The minimum absolute atomic E-state index is 0.0370. The normalized spacial score (nSPS) is 14.8. The Morgan fingerprint density at radius 2 is 2.47 bits per heavy atom. The molecule has 0 fully saturated rings. The Bertz CT molecular complexity index is 398. The Morgan fingerprint density at radius 1 is 1.65 bits per heavy atom. The topological polar surface area (TPSA) is 56.2 Å². The van der Waals surface area contributed by atoms with E-state index in [1.807, 2.05) is 24.7 Å². The molecule has 2 rings (SSSR count). The zero-order chi connectivity index (χ0) is 12.3. The second-order valence-corrected chi connectivity index (χ2v) is 4.59. The molecule has 0 unspecified atom stereocenters. The second-order valence-electron chi connectivity index (χ2n) is 4.59. The summed E-state index contributed by atoms with van der Waals surface area (Å²) < 4.78 is 7.33. The smallest absolute Gasteiger partial charge is 0.222 e. The minimum Gasteiger partial charge on any atom is -0.376 e. The summed E-state index contributed by atoms with van der Waals surface area (Å²) in [6.45, 7) is 6.56. The van der Waals surface area contributed by atoms with E-state index in [0.717, 1.165) is 19.6 Å². The van der Waals surface area contributed by atoms with Gasteiger partial charge in [0.05, 0.1) is 26.0 Å². The number of amides is 1. The molecule has 0 bridgehead atoms. The van der Waals surface area contributed by atoms with Crippen LogP contribution in [0.2, 0.25) is 0 Å². The maximum absolute atomic E-state index is 11.4. The van der Waals surface area contributed by atoms with E-state index < -0.39 is 0 Å². The lowest BCUT2D eigenvalue weighted by Gasteiger charge is -2.15. The third-order valence-corrected chi connectivity index (χ3v) is 2.92. The van der Waals surface area contributed by atoms with Crippen molar-refractivity contribution in [2.45, 2.75) is 33.4 Å². The molecule has 5 heteroatoms. The highest BCUT2D eigenvalue weighted by Crippen LogP contribution is 2.15. The van der Waals surface area contributed by atoms with Gasteiger partial charge in [-0.3, -0.25) is 9.48 Å². The number of ether oxygens (including phenoxy) is 1. The highest BCUT2D eigenvalue weighted by atomic mass is 16.5. The van der Waals surface area contributed by atoms with Crippen LogP contribution < -0.4 is 5.32 Å². The molecule has 0 aliphatic carbocycles. The molecule has 0 saturated carbocycles. The summed E-state index contributed by atoms with van der Waals surface area (Å²) in [7, 11) is 0. The van der Waals surface area contributed by atoms with E-state index in [1.54, 1.807) is 0 Å². The van der Waals surface area contributed by atoms with E-state index in [-0.39, 0.29) is 11.8 Å². The fraction of sp³-hybridized carbons (Fsp3) is 0.667. The lowest BCUT2D eigenvalue weighted by molar-refractivity contribution is -0.124. The van der Waals surface area contributed by atoms with Crippen molar-refractivity contribution in [1.82, 2.24) is 15.1 Å². The molecule has 1 N–H and O–H groups in total. The first-order valence-electron chi connectivity index (χ1n) is 6.07. The van der Waals surface area contributed by atoms with Crippen molar-refractivity contribution < 1.29 is 9.53 Å².